The molecule has 1 amide bonds. The van der Waals surface area contributed by atoms with E-state index in [2.05, 4.69) is 5.32 Å². The van der Waals surface area contributed by atoms with Crippen molar-refractivity contribution in [1.29, 1.82) is 0 Å². The third kappa shape index (κ3) is 4.98. The molecule has 0 radical (unpaired) electrons. The van der Waals surface area contributed by atoms with Gasteiger partial charge in [-0.25, -0.2) is 0 Å². The molecule has 0 saturated carbocycles. The van der Waals surface area contributed by atoms with Crippen LogP contribution in [0.15, 0.2) is 18.2 Å². The number of rotatable bonds is 5. The molecule has 2 rings (SSSR count). The van der Waals surface area contributed by atoms with Gasteiger partial charge in [-0.2, -0.15) is 0 Å². The Labute approximate surface area is 131 Å². The maximum absolute atomic E-state index is 12.1. The van der Waals surface area contributed by atoms with E-state index in [1.165, 1.54) is 0 Å². The molecule has 5 nitrogen and oxygen atoms in total. The van der Waals surface area contributed by atoms with Crippen LogP contribution in [0.5, 0.6) is 0 Å². The van der Waals surface area contributed by atoms with Crippen molar-refractivity contribution in [2.45, 2.75) is 24.5 Å². The Kier molecular flexibility index (Phi) is 6.02. The van der Waals surface area contributed by atoms with Crippen molar-refractivity contribution >= 4 is 39.7 Å². The summed E-state index contributed by atoms with van der Waals surface area (Å²) >= 11 is 5.80. The zero-order valence-corrected chi connectivity index (χ0v) is 13.2. The predicted octanol–water partition coefficient (Wildman–Crippen LogP) is 2.18. The summed E-state index contributed by atoms with van der Waals surface area (Å²) in [5.41, 5.74) is 6.72. The monoisotopic (exact) mass is 330 g/mol. The summed E-state index contributed by atoms with van der Waals surface area (Å²) in [5, 5.41) is 3.38. The lowest BCUT2D eigenvalue weighted by Gasteiger charge is -2.21. The van der Waals surface area contributed by atoms with Gasteiger partial charge in [0.15, 0.2) is 0 Å². The Morgan fingerprint density at radius 2 is 2.14 bits per heavy atom. The summed E-state index contributed by atoms with van der Waals surface area (Å²) in [6.45, 7) is 1.31. The molecule has 3 N–H and O–H groups in total. The zero-order valence-electron chi connectivity index (χ0n) is 11.6. The van der Waals surface area contributed by atoms with Crippen molar-refractivity contribution in [2.75, 3.05) is 30.0 Å². The molecule has 1 aliphatic rings. The molecular formula is C14H19ClN2O3S. The van der Waals surface area contributed by atoms with Crippen LogP contribution in [0.2, 0.25) is 5.02 Å². The molecule has 0 spiro atoms. The van der Waals surface area contributed by atoms with Crippen molar-refractivity contribution in [3.63, 3.8) is 0 Å². The number of anilines is 2. The van der Waals surface area contributed by atoms with Crippen LogP contribution in [-0.2, 0) is 20.3 Å². The molecule has 1 heterocycles. The first-order valence-corrected chi connectivity index (χ1v) is 8.62. The smallest absolute Gasteiger partial charge is 0.225 e. The topological polar surface area (TPSA) is 81.4 Å². The number of carbonyl (C=O) groups is 1. The van der Waals surface area contributed by atoms with Crippen molar-refractivity contribution in [1.82, 2.24) is 0 Å². The summed E-state index contributed by atoms with van der Waals surface area (Å²) in [4.78, 5) is 11.9. The third-order valence-electron chi connectivity index (χ3n) is 3.36. The molecule has 21 heavy (non-hydrogen) atoms. The number of nitrogen functional groups attached to an aromatic ring is 1. The highest BCUT2D eigenvalue weighted by Gasteiger charge is 2.20. The van der Waals surface area contributed by atoms with Crippen LogP contribution in [0.4, 0.5) is 11.4 Å². The Balaban J connectivity index is 1.80. The number of carbonyl (C=O) groups excluding carboxylic acids is 1. The number of hydrogen-bond donors (Lipinski definition) is 2. The van der Waals surface area contributed by atoms with E-state index in [9.17, 15) is 9.00 Å². The fraction of sp³-hybridized carbons (Fsp3) is 0.500. The third-order valence-corrected chi connectivity index (χ3v) is 5.41. The number of hydrogen-bond acceptors (Lipinski definition) is 4. The van der Waals surface area contributed by atoms with E-state index < -0.39 is 10.8 Å². The minimum absolute atomic E-state index is 0.146. The van der Waals surface area contributed by atoms with Crippen LogP contribution in [0.1, 0.15) is 19.3 Å². The highest BCUT2D eigenvalue weighted by molar-refractivity contribution is 7.85. The van der Waals surface area contributed by atoms with Gasteiger partial charge in [0, 0.05) is 46.5 Å². The van der Waals surface area contributed by atoms with Crippen LogP contribution in [0.25, 0.3) is 0 Å². The maximum Gasteiger partial charge on any atom is 0.225 e. The van der Waals surface area contributed by atoms with Gasteiger partial charge in [0.25, 0.3) is 0 Å². The van der Waals surface area contributed by atoms with Gasteiger partial charge in [-0.05, 0) is 31.0 Å². The van der Waals surface area contributed by atoms with Gasteiger partial charge in [-0.3, -0.25) is 9.00 Å². The first-order valence-electron chi connectivity index (χ1n) is 6.86. The predicted molar refractivity (Wildman–Crippen MR) is 86.0 cm³/mol. The average molecular weight is 331 g/mol. The lowest BCUT2D eigenvalue weighted by atomic mass is 10.2. The number of benzene rings is 1. The van der Waals surface area contributed by atoms with Crippen LogP contribution in [-0.4, -0.2) is 34.3 Å². The minimum atomic E-state index is -0.987. The Morgan fingerprint density at radius 1 is 1.43 bits per heavy atom. The van der Waals surface area contributed by atoms with E-state index in [0.717, 1.165) is 12.8 Å². The van der Waals surface area contributed by atoms with E-state index in [-0.39, 0.29) is 17.6 Å². The molecule has 1 aromatic carbocycles. The normalized spacial score (nSPS) is 17.4. The van der Waals surface area contributed by atoms with E-state index in [1.807, 2.05) is 0 Å². The fourth-order valence-corrected chi connectivity index (χ4v) is 3.78. The van der Waals surface area contributed by atoms with E-state index in [1.54, 1.807) is 18.2 Å². The molecule has 116 valence electrons. The molecule has 0 aliphatic carbocycles. The standard InChI is InChI=1S/C14H19ClN2O3S/c15-10-1-2-13(12(16)9-10)17-14(18)5-8-21(19)11-3-6-20-7-4-11/h1-2,9,11H,3-8,16H2,(H,17,18). The average Bonchev–Trinajstić information content (AvgIpc) is 2.48. The van der Waals surface area contributed by atoms with E-state index in [0.29, 0.717) is 35.4 Å². The van der Waals surface area contributed by atoms with E-state index in [4.69, 9.17) is 22.1 Å². The largest absolute Gasteiger partial charge is 0.397 e. The number of ether oxygens (including phenoxy) is 1. The number of nitrogens with one attached hydrogen (secondary N) is 1. The molecule has 1 fully saturated rings. The second kappa shape index (κ2) is 7.77. The second-order valence-electron chi connectivity index (χ2n) is 4.93. The summed E-state index contributed by atoms with van der Waals surface area (Å²) < 4.78 is 17.3. The van der Waals surface area contributed by atoms with Gasteiger partial charge in [0.2, 0.25) is 5.91 Å². The maximum atomic E-state index is 12.1. The van der Waals surface area contributed by atoms with Crippen LogP contribution in [0, 0.1) is 0 Å². The number of amides is 1. The summed E-state index contributed by atoms with van der Waals surface area (Å²) in [6, 6.07) is 4.90. The highest BCUT2D eigenvalue weighted by atomic mass is 35.5. The number of nitrogens with two attached hydrogens (primary N) is 1. The molecular weight excluding hydrogens is 312 g/mol. The Morgan fingerprint density at radius 3 is 2.81 bits per heavy atom. The van der Waals surface area contributed by atoms with Crippen LogP contribution >= 0.6 is 11.6 Å². The van der Waals surface area contributed by atoms with Crippen molar-refractivity contribution < 1.29 is 13.7 Å². The SMILES string of the molecule is Nc1cc(Cl)ccc1NC(=O)CCS(=O)C1CCOCC1. The molecule has 1 saturated heterocycles. The summed E-state index contributed by atoms with van der Waals surface area (Å²) in [6.07, 6.45) is 1.82. The van der Waals surface area contributed by atoms with Gasteiger partial charge in [-0.1, -0.05) is 11.6 Å². The molecule has 0 aromatic heterocycles. The Hall–Kier alpha value is -1.11. The molecule has 7 heteroatoms. The van der Waals surface area contributed by atoms with Crippen molar-refractivity contribution in [3.05, 3.63) is 23.2 Å². The van der Waals surface area contributed by atoms with Crippen LogP contribution < -0.4 is 11.1 Å². The quantitative estimate of drug-likeness (QED) is 0.811. The first kappa shape index (κ1) is 16.3. The second-order valence-corrected chi connectivity index (χ2v) is 7.20. The summed E-state index contributed by atoms with van der Waals surface area (Å²) in [5.74, 6) is 0.175. The molecule has 0 bridgehead atoms. The zero-order chi connectivity index (χ0) is 15.2. The Bertz CT molecular complexity index is 533. The van der Waals surface area contributed by atoms with Crippen molar-refractivity contribution in [2.24, 2.45) is 0 Å². The summed E-state index contributed by atoms with van der Waals surface area (Å²) in [7, 11) is -0.987. The van der Waals surface area contributed by atoms with Gasteiger partial charge >= 0.3 is 0 Å². The molecule has 1 aliphatic heterocycles. The number of halogens is 1. The molecule has 1 aromatic rings. The molecule has 1 atom stereocenters. The van der Waals surface area contributed by atoms with Gasteiger partial charge in [-0.15, -0.1) is 0 Å². The van der Waals surface area contributed by atoms with Gasteiger partial charge < -0.3 is 15.8 Å². The lowest BCUT2D eigenvalue weighted by molar-refractivity contribution is -0.115. The van der Waals surface area contributed by atoms with Gasteiger partial charge in [0.1, 0.15) is 0 Å². The molecule has 1 unspecified atom stereocenters. The van der Waals surface area contributed by atoms with Gasteiger partial charge in [0.05, 0.1) is 11.4 Å². The van der Waals surface area contributed by atoms with E-state index >= 15 is 0 Å². The highest BCUT2D eigenvalue weighted by Crippen LogP contribution is 2.22. The minimum Gasteiger partial charge on any atom is -0.397 e. The lowest BCUT2D eigenvalue weighted by Crippen LogP contribution is -2.27. The van der Waals surface area contributed by atoms with Crippen LogP contribution in [0.3, 0.4) is 0 Å². The fourth-order valence-electron chi connectivity index (χ4n) is 2.16. The first-order chi connectivity index (χ1) is 10.1. The van der Waals surface area contributed by atoms with Crippen molar-refractivity contribution in [3.8, 4) is 0 Å².